The highest BCUT2D eigenvalue weighted by atomic mass is 16.3. The number of furan rings is 1. The van der Waals surface area contributed by atoms with Crippen molar-refractivity contribution in [2.24, 2.45) is 0 Å². The molecule has 0 aliphatic carbocycles. The van der Waals surface area contributed by atoms with E-state index in [9.17, 15) is 0 Å². The molecule has 5 nitrogen and oxygen atoms in total. The smallest absolute Gasteiger partial charge is 0.153 e. The Labute approximate surface area is 257 Å². The molecular formula is C40H24N4O. The molecule has 5 heteroatoms. The molecule has 45 heavy (non-hydrogen) atoms. The number of para-hydroxylation sites is 2. The highest BCUT2D eigenvalue weighted by Gasteiger charge is 2.16. The minimum atomic E-state index is 0.788. The van der Waals surface area contributed by atoms with Gasteiger partial charge in [0.2, 0.25) is 0 Å². The zero-order chi connectivity index (χ0) is 29.5. The Bertz CT molecular complexity index is 2780. The topological polar surface area (TPSA) is 59.6 Å². The fraction of sp³-hybridized carbons (Fsp3) is 0. The molecule has 210 valence electrons. The number of rotatable bonds is 3. The lowest BCUT2D eigenvalue weighted by atomic mass is 10.0. The maximum Gasteiger partial charge on any atom is 0.153 e. The van der Waals surface area contributed by atoms with E-state index >= 15 is 0 Å². The van der Waals surface area contributed by atoms with Crippen LogP contribution >= 0.6 is 0 Å². The standard InChI is InChI=1S/C40H24N4O/c1-3-9-33-27(7-1)30-21-24(15-18-34(30)42-33)25-14-17-29-28-8-2-4-11-35(28)44(36(29)23-25)39-13-5-10-32(43-39)26-16-19-37-31(22-26)40-38(45-37)12-6-20-41-40/h1-23,42H. The third-order valence-electron chi connectivity index (χ3n) is 9.00. The Balaban J connectivity index is 1.16. The zero-order valence-electron chi connectivity index (χ0n) is 24.0. The van der Waals surface area contributed by atoms with Crippen molar-refractivity contribution in [1.82, 2.24) is 19.5 Å². The lowest BCUT2D eigenvalue weighted by molar-refractivity contribution is 0.668. The van der Waals surface area contributed by atoms with Crippen molar-refractivity contribution in [3.8, 4) is 28.2 Å². The number of aromatic amines is 1. The number of hydrogen-bond donors (Lipinski definition) is 1. The van der Waals surface area contributed by atoms with Gasteiger partial charge in [0.05, 0.1) is 16.7 Å². The van der Waals surface area contributed by atoms with Crippen LogP contribution in [-0.4, -0.2) is 19.5 Å². The van der Waals surface area contributed by atoms with Gasteiger partial charge in [-0.1, -0.05) is 60.7 Å². The summed E-state index contributed by atoms with van der Waals surface area (Å²) in [4.78, 5) is 13.4. The van der Waals surface area contributed by atoms with Crippen LogP contribution < -0.4 is 0 Å². The van der Waals surface area contributed by atoms with Crippen molar-refractivity contribution in [1.29, 1.82) is 0 Å². The van der Waals surface area contributed by atoms with E-state index in [1.54, 1.807) is 6.20 Å². The number of benzene rings is 5. The number of aromatic nitrogens is 4. The predicted molar refractivity (Wildman–Crippen MR) is 184 cm³/mol. The molecule has 10 aromatic rings. The second-order valence-corrected chi connectivity index (χ2v) is 11.6. The van der Waals surface area contributed by atoms with Gasteiger partial charge in [-0.05, 0) is 83.9 Å². The van der Waals surface area contributed by atoms with Gasteiger partial charge >= 0.3 is 0 Å². The first-order valence-electron chi connectivity index (χ1n) is 15.1. The molecule has 0 aliphatic rings. The molecule has 0 aliphatic heterocycles. The van der Waals surface area contributed by atoms with E-state index in [0.717, 1.165) is 61.2 Å². The van der Waals surface area contributed by atoms with Gasteiger partial charge in [-0.25, -0.2) is 4.98 Å². The van der Waals surface area contributed by atoms with E-state index in [1.807, 2.05) is 18.2 Å². The summed E-state index contributed by atoms with van der Waals surface area (Å²) in [5.41, 5.74) is 11.3. The molecule has 0 amide bonds. The highest BCUT2D eigenvalue weighted by Crippen LogP contribution is 2.37. The van der Waals surface area contributed by atoms with Gasteiger partial charge in [-0.15, -0.1) is 0 Å². The summed E-state index contributed by atoms with van der Waals surface area (Å²) >= 11 is 0. The Hall–Kier alpha value is -6.20. The molecule has 5 aromatic carbocycles. The van der Waals surface area contributed by atoms with Gasteiger partial charge in [0, 0.05) is 49.7 Å². The summed E-state index contributed by atoms with van der Waals surface area (Å²) in [6.45, 7) is 0. The summed E-state index contributed by atoms with van der Waals surface area (Å²) in [5.74, 6) is 0.873. The SMILES string of the molecule is c1cc(-c2ccc3oc4cccnc4c3c2)nc(-n2c3ccccc3c3ccc(-c4ccc5[nH]c6ccccc6c5c4)cc32)c1. The van der Waals surface area contributed by atoms with Crippen molar-refractivity contribution in [3.63, 3.8) is 0 Å². The van der Waals surface area contributed by atoms with Gasteiger partial charge in [-0.3, -0.25) is 9.55 Å². The van der Waals surface area contributed by atoms with Crippen LogP contribution in [0.25, 0.3) is 93.9 Å². The maximum atomic E-state index is 6.02. The number of H-pyrrole nitrogens is 1. The van der Waals surface area contributed by atoms with Gasteiger partial charge in [0.15, 0.2) is 5.58 Å². The first-order valence-corrected chi connectivity index (χ1v) is 15.1. The highest BCUT2D eigenvalue weighted by molar-refractivity contribution is 6.11. The quantitative estimate of drug-likeness (QED) is 0.228. The van der Waals surface area contributed by atoms with E-state index in [2.05, 4.69) is 130 Å². The van der Waals surface area contributed by atoms with Crippen LogP contribution in [0.4, 0.5) is 0 Å². The molecule has 10 rings (SSSR count). The Morgan fingerprint density at radius 1 is 0.511 bits per heavy atom. The third-order valence-corrected chi connectivity index (χ3v) is 9.00. The molecule has 1 N–H and O–H groups in total. The minimum Gasteiger partial charge on any atom is -0.454 e. The Morgan fingerprint density at radius 2 is 1.29 bits per heavy atom. The van der Waals surface area contributed by atoms with Crippen LogP contribution in [0.5, 0.6) is 0 Å². The molecule has 0 bridgehead atoms. The van der Waals surface area contributed by atoms with Crippen LogP contribution in [0.3, 0.4) is 0 Å². The fourth-order valence-corrected chi connectivity index (χ4v) is 6.89. The normalized spacial score (nSPS) is 12.0. The van der Waals surface area contributed by atoms with E-state index in [-0.39, 0.29) is 0 Å². The van der Waals surface area contributed by atoms with Crippen LogP contribution in [0.1, 0.15) is 0 Å². The Morgan fingerprint density at radius 3 is 2.27 bits per heavy atom. The fourth-order valence-electron chi connectivity index (χ4n) is 6.89. The first-order chi connectivity index (χ1) is 22.3. The molecule has 5 heterocycles. The second-order valence-electron chi connectivity index (χ2n) is 11.6. The lowest BCUT2D eigenvalue weighted by Crippen LogP contribution is -1.98. The van der Waals surface area contributed by atoms with Crippen LogP contribution in [0.2, 0.25) is 0 Å². The molecule has 0 fully saturated rings. The largest absolute Gasteiger partial charge is 0.454 e. The van der Waals surface area contributed by atoms with E-state index in [0.29, 0.717) is 0 Å². The summed E-state index contributed by atoms with van der Waals surface area (Å²) in [7, 11) is 0. The first kappa shape index (κ1) is 24.3. The van der Waals surface area contributed by atoms with Gasteiger partial charge in [0.1, 0.15) is 16.9 Å². The second kappa shape index (κ2) is 9.15. The number of hydrogen-bond acceptors (Lipinski definition) is 3. The van der Waals surface area contributed by atoms with Crippen LogP contribution in [0.15, 0.2) is 144 Å². The number of nitrogens with zero attached hydrogens (tertiary/aromatic N) is 3. The number of nitrogens with one attached hydrogen (secondary N) is 1. The van der Waals surface area contributed by atoms with Gasteiger partial charge < -0.3 is 9.40 Å². The summed E-state index contributed by atoms with van der Waals surface area (Å²) in [6, 6.07) is 46.8. The van der Waals surface area contributed by atoms with Gasteiger partial charge in [-0.2, -0.15) is 0 Å². The monoisotopic (exact) mass is 576 g/mol. The third kappa shape index (κ3) is 3.61. The summed E-state index contributed by atoms with van der Waals surface area (Å²) < 4.78 is 8.31. The van der Waals surface area contributed by atoms with Gasteiger partial charge in [0.25, 0.3) is 0 Å². The molecule has 0 saturated carbocycles. The van der Waals surface area contributed by atoms with Crippen molar-refractivity contribution < 1.29 is 4.42 Å². The summed E-state index contributed by atoms with van der Waals surface area (Å²) in [5, 5.41) is 5.87. The molecular weight excluding hydrogens is 552 g/mol. The average molecular weight is 577 g/mol. The lowest BCUT2D eigenvalue weighted by Gasteiger charge is -2.10. The van der Waals surface area contributed by atoms with Crippen LogP contribution in [0, 0.1) is 0 Å². The van der Waals surface area contributed by atoms with E-state index in [4.69, 9.17) is 9.40 Å². The minimum absolute atomic E-state index is 0.788. The molecule has 0 saturated heterocycles. The molecule has 0 spiro atoms. The predicted octanol–water partition coefficient (Wildman–Crippen LogP) is 10.4. The molecule has 0 atom stereocenters. The van der Waals surface area contributed by atoms with Crippen molar-refractivity contribution >= 4 is 65.7 Å². The molecule has 0 radical (unpaired) electrons. The van der Waals surface area contributed by atoms with E-state index in [1.165, 1.54) is 32.7 Å². The zero-order valence-corrected chi connectivity index (χ0v) is 24.0. The maximum absolute atomic E-state index is 6.02. The molecule has 5 aromatic heterocycles. The number of fused-ring (bicyclic) bond motifs is 9. The van der Waals surface area contributed by atoms with Crippen molar-refractivity contribution in [2.45, 2.75) is 0 Å². The molecule has 0 unspecified atom stereocenters. The van der Waals surface area contributed by atoms with Crippen LogP contribution in [-0.2, 0) is 0 Å². The summed E-state index contributed by atoms with van der Waals surface area (Å²) in [6.07, 6.45) is 1.80. The van der Waals surface area contributed by atoms with Crippen molar-refractivity contribution in [3.05, 3.63) is 140 Å². The number of pyridine rings is 2. The Kier molecular flexibility index (Phi) is 4.93. The van der Waals surface area contributed by atoms with E-state index < -0.39 is 0 Å². The average Bonchev–Trinajstić information content (AvgIpc) is 3.77. The van der Waals surface area contributed by atoms with Crippen molar-refractivity contribution in [2.75, 3.05) is 0 Å².